The molecule has 3 heteroatoms. The number of likely N-dealkylation sites (N-methyl/N-ethyl adjacent to an activating group) is 1. The van der Waals surface area contributed by atoms with Crippen molar-refractivity contribution in [1.29, 1.82) is 0 Å². The van der Waals surface area contributed by atoms with Crippen LogP contribution in [-0.4, -0.2) is 7.05 Å². The van der Waals surface area contributed by atoms with Crippen molar-refractivity contribution in [2.75, 3.05) is 7.05 Å². The van der Waals surface area contributed by atoms with Crippen LogP contribution in [0, 0.1) is 6.92 Å². The van der Waals surface area contributed by atoms with Gasteiger partial charge in [0.15, 0.2) is 0 Å². The van der Waals surface area contributed by atoms with E-state index in [0.29, 0.717) is 0 Å². The first-order chi connectivity index (χ1) is 10.2. The summed E-state index contributed by atoms with van der Waals surface area (Å²) in [6.07, 6.45) is 0.801. The van der Waals surface area contributed by atoms with Crippen molar-refractivity contribution in [2.45, 2.75) is 19.4 Å². The third-order valence-electron chi connectivity index (χ3n) is 3.77. The van der Waals surface area contributed by atoms with Crippen molar-refractivity contribution in [3.63, 3.8) is 0 Å². The Bertz CT molecular complexity index is 730. The Kier molecular flexibility index (Phi) is 4.00. The average molecular weight is 300 g/mol. The van der Waals surface area contributed by atoms with E-state index in [9.17, 15) is 0 Å². The molecule has 2 aromatic carbocycles. The van der Waals surface area contributed by atoms with Crippen molar-refractivity contribution in [3.8, 4) is 0 Å². The number of nitrogens with one attached hydrogen (secondary N) is 1. The lowest BCUT2D eigenvalue weighted by atomic mass is 10.0. The highest BCUT2D eigenvalue weighted by molar-refractivity contribution is 6.31. The van der Waals surface area contributed by atoms with E-state index in [1.54, 1.807) is 0 Å². The molecule has 0 amide bonds. The van der Waals surface area contributed by atoms with E-state index in [1.807, 2.05) is 38.2 Å². The number of halogens is 1. The van der Waals surface area contributed by atoms with Crippen LogP contribution in [0.1, 0.15) is 22.9 Å². The van der Waals surface area contributed by atoms with Crippen molar-refractivity contribution < 1.29 is 4.42 Å². The van der Waals surface area contributed by atoms with E-state index in [2.05, 4.69) is 29.6 Å². The SMILES string of the molecule is CNC(Cc1ccc(C)cc1Cl)c1cc2ccccc2o1. The Morgan fingerprint density at radius 3 is 2.67 bits per heavy atom. The minimum atomic E-state index is 0.109. The van der Waals surface area contributed by atoms with Crippen LogP contribution in [0.25, 0.3) is 11.0 Å². The number of rotatable bonds is 4. The zero-order valence-corrected chi connectivity index (χ0v) is 12.9. The van der Waals surface area contributed by atoms with Crippen LogP contribution in [0.4, 0.5) is 0 Å². The highest BCUT2D eigenvalue weighted by Crippen LogP contribution is 2.28. The number of para-hydroxylation sites is 1. The fourth-order valence-electron chi connectivity index (χ4n) is 2.56. The van der Waals surface area contributed by atoms with Gasteiger partial charge in [0.25, 0.3) is 0 Å². The van der Waals surface area contributed by atoms with Crippen LogP contribution in [0.2, 0.25) is 5.02 Å². The summed E-state index contributed by atoms with van der Waals surface area (Å²) in [5.41, 5.74) is 3.22. The monoisotopic (exact) mass is 299 g/mol. The molecule has 0 aliphatic rings. The van der Waals surface area contributed by atoms with Gasteiger partial charge in [-0.3, -0.25) is 0 Å². The number of hydrogen-bond acceptors (Lipinski definition) is 2. The number of fused-ring (bicyclic) bond motifs is 1. The van der Waals surface area contributed by atoms with Gasteiger partial charge in [-0.25, -0.2) is 0 Å². The summed E-state index contributed by atoms with van der Waals surface area (Å²) in [5, 5.41) is 5.26. The third-order valence-corrected chi connectivity index (χ3v) is 4.12. The molecule has 1 atom stereocenters. The van der Waals surface area contributed by atoms with E-state index in [1.165, 1.54) is 5.56 Å². The second kappa shape index (κ2) is 5.92. The summed E-state index contributed by atoms with van der Waals surface area (Å²) in [6, 6.07) is 16.4. The highest BCUT2D eigenvalue weighted by atomic mass is 35.5. The Balaban J connectivity index is 1.90. The second-order valence-corrected chi connectivity index (χ2v) is 5.73. The van der Waals surface area contributed by atoms with E-state index >= 15 is 0 Å². The fraction of sp³-hybridized carbons (Fsp3) is 0.222. The molecule has 0 spiro atoms. The van der Waals surface area contributed by atoms with Crippen LogP contribution in [-0.2, 0) is 6.42 Å². The zero-order chi connectivity index (χ0) is 14.8. The number of furan rings is 1. The zero-order valence-electron chi connectivity index (χ0n) is 12.2. The maximum atomic E-state index is 6.34. The van der Waals surface area contributed by atoms with E-state index in [0.717, 1.165) is 33.7 Å². The summed E-state index contributed by atoms with van der Waals surface area (Å²) >= 11 is 6.34. The summed E-state index contributed by atoms with van der Waals surface area (Å²) < 4.78 is 5.95. The number of hydrogen-bond donors (Lipinski definition) is 1. The van der Waals surface area contributed by atoms with Gasteiger partial charge in [0.05, 0.1) is 6.04 Å². The molecule has 0 saturated carbocycles. The molecule has 0 saturated heterocycles. The second-order valence-electron chi connectivity index (χ2n) is 5.33. The van der Waals surface area contributed by atoms with Crippen LogP contribution in [0.15, 0.2) is 52.9 Å². The molecule has 0 aliphatic carbocycles. The molecule has 108 valence electrons. The van der Waals surface area contributed by atoms with Gasteiger partial charge in [-0.2, -0.15) is 0 Å². The largest absolute Gasteiger partial charge is 0.459 e. The Hall–Kier alpha value is -1.77. The van der Waals surface area contributed by atoms with Gasteiger partial charge >= 0.3 is 0 Å². The van der Waals surface area contributed by atoms with Gasteiger partial charge in [-0.15, -0.1) is 0 Å². The van der Waals surface area contributed by atoms with Crippen molar-refractivity contribution in [2.24, 2.45) is 0 Å². The maximum Gasteiger partial charge on any atom is 0.134 e. The molecule has 0 radical (unpaired) electrons. The Morgan fingerprint density at radius 2 is 1.95 bits per heavy atom. The Labute approximate surface area is 129 Å². The molecule has 1 aromatic heterocycles. The van der Waals surface area contributed by atoms with Crippen molar-refractivity contribution >= 4 is 22.6 Å². The molecule has 2 nitrogen and oxygen atoms in total. The normalized spacial score (nSPS) is 12.7. The molecular formula is C18H18ClNO. The molecular weight excluding hydrogens is 282 g/mol. The quantitative estimate of drug-likeness (QED) is 0.741. The number of aryl methyl sites for hydroxylation is 1. The summed E-state index contributed by atoms with van der Waals surface area (Å²) in [4.78, 5) is 0. The highest BCUT2D eigenvalue weighted by Gasteiger charge is 2.16. The maximum absolute atomic E-state index is 6.34. The van der Waals surface area contributed by atoms with Crippen molar-refractivity contribution in [1.82, 2.24) is 5.32 Å². The lowest BCUT2D eigenvalue weighted by molar-refractivity contribution is 0.451. The summed E-state index contributed by atoms with van der Waals surface area (Å²) in [7, 11) is 1.94. The van der Waals surface area contributed by atoms with Crippen LogP contribution >= 0.6 is 11.6 Å². The molecule has 21 heavy (non-hydrogen) atoms. The first-order valence-corrected chi connectivity index (χ1v) is 7.46. The summed E-state index contributed by atoms with van der Waals surface area (Å²) in [6.45, 7) is 2.05. The molecule has 1 N–H and O–H groups in total. The molecule has 3 rings (SSSR count). The average Bonchev–Trinajstić information content (AvgIpc) is 2.90. The summed E-state index contributed by atoms with van der Waals surface area (Å²) in [5.74, 6) is 0.940. The van der Waals surface area contributed by atoms with Gasteiger partial charge in [0.2, 0.25) is 0 Å². The van der Waals surface area contributed by atoms with Gasteiger partial charge in [0, 0.05) is 10.4 Å². The molecule has 0 fully saturated rings. The molecule has 3 aromatic rings. The van der Waals surface area contributed by atoms with E-state index in [-0.39, 0.29) is 6.04 Å². The fourth-order valence-corrected chi connectivity index (χ4v) is 2.87. The van der Waals surface area contributed by atoms with Gasteiger partial charge in [-0.05, 0) is 49.7 Å². The number of benzene rings is 2. The molecule has 0 bridgehead atoms. The van der Waals surface area contributed by atoms with Crippen LogP contribution in [0.5, 0.6) is 0 Å². The smallest absolute Gasteiger partial charge is 0.134 e. The lowest BCUT2D eigenvalue weighted by Gasteiger charge is -2.15. The van der Waals surface area contributed by atoms with Crippen molar-refractivity contribution in [3.05, 3.63) is 70.4 Å². The predicted molar refractivity (Wildman–Crippen MR) is 87.9 cm³/mol. The van der Waals surface area contributed by atoms with Gasteiger partial charge in [-0.1, -0.05) is 41.9 Å². The Morgan fingerprint density at radius 1 is 1.14 bits per heavy atom. The van der Waals surface area contributed by atoms with Crippen LogP contribution < -0.4 is 5.32 Å². The molecule has 1 heterocycles. The third kappa shape index (κ3) is 2.97. The van der Waals surface area contributed by atoms with E-state index < -0.39 is 0 Å². The van der Waals surface area contributed by atoms with Gasteiger partial charge in [0.1, 0.15) is 11.3 Å². The van der Waals surface area contributed by atoms with Crippen LogP contribution in [0.3, 0.4) is 0 Å². The molecule has 0 aliphatic heterocycles. The van der Waals surface area contributed by atoms with Gasteiger partial charge < -0.3 is 9.73 Å². The first-order valence-electron chi connectivity index (χ1n) is 7.08. The minimum absolute atomic E-state index is 0.109. The minimum Gasteiger partial charge on any atom is -0.459 e. The topological polar surface area (TPSA) is 25.2 Å². The molecule has 1 unspecified atom stereocenters. The standard InChI is InChI=1S/C18H18ClNO/c1-12-7-8-13(15(19)9-12)10-16(20-2)18-11-14-5-3-4-6-17(14)21-18/h3-9,11,16,20H,10H2,1-2H3. The predicted octanol–water partition coefficient (Wildman–Crippen LogP) is 4.90. The lowest BCUT2D eigenvalue weighted by Crippen LogP contribution is -2.18. The van der Waals surface area contributed by atoms with E-state index in [4.69, 9.17) is 16.0 Å². The first kappa shape index (κ1) is 14.2.